The number of carbonyl (C=O) groups is 8. The third-order valence-corrected chi connectivity index (χ3v) is 7.53. The molecule has 0 radical (unpaired) electrons. The predicted molar refractivity (Wildman–Crippen MR) is 190 cm³/mol. The van der Waals surface area contributed by atoms with Crippen LogP contribution >= 0.6 is 0 Å². The Balaban J connectivity index is 3.36. The molecule has 294 valence electrons. The van der Waals surface area contributed by atoms with Gasteiger partial charge < -0.3 is 59.1 Å². The molecule has 0 aliphatic heterocycles. The molecule has 5 atom stereocenters. The topological polar surface area (TPSA) is 348 Å². The largest absolute Gasteiger partial charge is 0.481 e. The summed E-state index contributed by atoms with van der Waals surface area (Å²) < 4.78 is 0. The molecule has 0 spiro atoms. The molecule has 0 aliphatic carbocycles. The molecule has 53 heavy (non-hydrogen) atoms. The molecular weight excluding hydrogens is 698 g/mol. The van der Waals surface area contributed by atoms with Gasteiger partial charge in [0.15, 0.2) is 5.96 Å². The lowest BCUT2D eigenvalue weighted by Crippen LogP contribution is -2.59. The SMILES string of the molecule is CC(C)C[C@H](NC(=O)[C@@H](N)CCC(=O)O)C(=O)N[C@@H](CCC(=O)O)C(=O)N[C@@H](Cc1ccccc1)C(=O)N[C@@H](CCCN=C(N)N)C(=O)NCC(=O)O. The highest BCUT2D eigenvalue weighted by atomic mass is 16.4. The highest BCUT2D eigenvalue weighted by molar-refractivity contribution is 5.96. The Kier molecular flexibility index (Phi) is 20.2. The summed E-state index contributed by atoms with van der Waals surface area (Å²) in [6.45, 7) is 2.87. The van der Waals surface area contributed by atoms with Gasteiger partial charge in [0, 0.05) is 25.8 Å². The maximum atomic E-state index is 13.7. The maximum absolute atomic E-state index is 13.7. The lowest BCUT2D eigenvalue weighted by molar-refractivity contribution is -0.139. The number of hydrogen-bond acceptors (Lipinski definition) is 10. The molecule has 14 N–H and O–H groups in total. The van der Waals surface area contributed by atoms with Crippen molar-refractivity contribution in [2.24, 2.45) is 28.1 Å². The summed E-state index contributed by atoms with van der Waals surface area (Å²) in [7, 11) is 0. The van der Waals surface area contributed by atoms with E-state index in [9.17, 15) is 43.5 Å². The zero-order valence-electron chi connectivity index (χ0n) is 29.7. The zero-order chi connectivity index (χ0) is 40.1. The first-order chi connectivity index (χ1) is 24.9. The second-order valence-electron chi connectivity index (χ2n) is 12.6. The summed E-state index contributed by atoms with van der Waals surface area (Å²) in [5.41, 5.74) is 17.1. The average Bonchev–Trinajstić information content (AvgIpc) is 3.08. The first-order valence-electron chi connectivity index (χ1n) is 16.9. The number of nitrogens with one attached hydrogen (secondary N) is 5. The fraction of sp³-hybridized carbons (Fsp3) is 0.545. The number of carboxylic acids is 3. The molecule has 0 unspecified atom stereocenters. The molecule has 20 heteroatoms. The molecule has 1 rings (SSSR count). The maximum Gasteiger partial charge on any atom is 0.322 e. The molecule has 20 nitrogen and oxygen atoms in total. The number of aliphatic imine (C=N–C) groups is 1. The average molecular weight is 750 g/mol. The molecule has 0 fully saturated rings. The summed E-state index contributed by atoms with van der Waals surface area (Å²) in [6, 6.07) is 1.74. The van der Waals surface area contributed by atoms with Gasteiger partial charge in [0.05, 0.1) is 6.04 Å². The smallest absolute Gasteiger partial charge is 0.322 e. The quantitative estimate of drug-likeness (QED) is 0.0280. The van der Waals surface area contributed by atoms with Crippen molar-refractivity contribution in [2.75, 3.05) is 13.1 Å². The fourth-order valence-electron chi connectivity index (χ4n) is 4.86. The number of nitrogens with zero attached hydrogens (tertiary/aromatic N) is 1. The third-order valence-electron chi connectivity index (χ3n) is 7.53. The van der Waals surface area contributed by atoms with E-state index in [1.807, 2.05) is 0 Å². The van der Waals surface area contributed by atoms with Crippen LogP contribution in [0, 0.1) is 5.92 Å². The van der Waals surface area contributed by atoms with E-state index >= 15 is 0 Å². The summed E-state index contributed by atoms with van der Waals surface area (Å²) >= 11 is 0. The minimum absolute atomic E-state index is 0.0276. The van der Waals surface area contributed by atoms with Crippen LogP contribution in [-0.2, 0) is 44.8 Å². The van der Waals surface area contributed by atoms with E-state index in [-0.39, 0.29) is 50.5 Å². The van der Waals surface area contributed by atoms with Gasteiger partial charge >= 0.3 is 17.9 Å². The fourth-order valence-corrected chi connectivity index (χ4v) is 4.86. The van der Waals surface area contributed by atoms with Gasteiger partial charge in [0.25, 0.3) is 0 Å². The lowest BCUT2D eigenvalue weighted by Gasteiger charge is -2.27. The first kappa shape index (κ1) is 45.2. The Morgan fingerprint density at radius 3 is 1.72 bits per heavy atom. The van der Waals surface area contributed by atoms with Gasteiger partial charge in [-0.05, 0) is 43.6 Å². The standard InChI is InChI=1S/C33H51N9O11/c1-18(2)15-23(41-28(49)20(34)10-12-25(43)44)31(52)40-22(11-13-26(45)46)30(51)42-24(16-19-7-4-3-5-8-19)32(53)39-21(9-6-14-37-33(35)36)29(50)38-17-27(47)48/h3-5,7-8,18,20-24H,6,9-17,34H2,1-2H3,(H,38,50)(H,39,53)(H,40,52)(H,41,49)(H,42,51)(H,43,44)(H,45,46)(H,47,48)(H4,35,36,37)/t20-,21-,22-,23-,24-/m0/s1. The van der Waals surface area contributed by atoms with Crippen LogP contribution in [0.1, 0.15) is 64.4 Å². The van der Waals surface area contributed by atoms with Crippen LogP contribution < -0.4 is 43.8 Å². The van der Waals surface area contributed by atoms with E-state index in [0.717, 1.165) is 0 Å². The summed E-state index contributed by atoms with van der Waals surface area (Å²) in [5.74, 6) is -8.46. The predicted octanol–water partition coefficient (Wildman–Crippen LogP) is -2.47. The van der Waals surface area contributed by atoms with E-state index in [1.54, 1.807) is 44.2 Å². The summed E-state index contributed by atoms with van der Waals surface area (Å²) in [4.78, 5) is 104. The van der Waals surface area contributed by atoms with Gasteiger partial charge in [-0.1, -0.05) is 44.2 Å². The Morgan fingerprint density at radius 1 is 0.660 bits per heavy atom. The van der Waals surface area contributed by atoms with E-state index in [1.165, 1.54) is 0 Å². The molecule has 0 aliphatic rings. The number of hydrogen-bond donors (Lipinski definition) is 11. The number of carboxylic acid groups (broad SMARTS) is 3. The van der Waals surface area contributed by atoms with Crippen molar-refractivity contribution in [3.05, 3.63) is 35.9 Å². The number of guanidine groups is 1. The minimum Gasteiger partial charge on any atom is -0.481 e. The van der Waals surface area contributed by atoms with Crippen LogP contribution in [0.4, 0.5) is 0 Å². The number of aliphatic carboxylic acids is 3. The van der Waals surface area contributed by atoms with Crippen LogP contribution in [-0.4, -0.2) is 112 Å². The monoisotopic (exact) mass is 749 g/mol. The normalized spacial score (nSPS) is 13.6. The summed E-state index contributed by atoms with van der Waals surface area (Å²) in [6.07, 6.45) is -1.46. The Labute approximate surface area is 306 Å². The Morgan fingerprint density at radius 2 is 1.17 bits per heavy atom. The van der Waals surface area contributed by atoms with Crippen LogP contribution in [0.25, 0.3) is 0 Å². The first-order valence-corrected chi connectivity index (χ1v) is 16.9. The molecule has 0 aromatic heterocycles. The molecule has 0 saturated carbocycles. The second-order valence-corrected chi connectivity index (χ2v) is 12.6. The number of nitrogens with two attached hydrogens (primary N) is 3. The Hall–Kier alpha value is -5.79. The van der Waals surface area contributed by atoms with E-state index in [2.05, 4.69) is 31.6 Å². The molecule has 0 bridgehead atoms. The van der Waals surface area contributed by atoms with Gasteiger partial charge in [0.2, 0.25) is 29.5 Å². The van der Waals surface area contributed by atoms with Crippen molar-refractivity contribution in [2.45, 2.75) is 95.4 Å². The van der Waals surface area contributed by atoms with E-state index < -0.39 is 103 Å². The minimum atomic E-state index is -1.52. The van der Waals surface area contributed by atoms with Gasteiger partial charge in [-0.3, -0.25) is 43.3 Å². The highest BCUT2D eigenvalue weighted by Crippen LogP contribution is 2.10. The van der Waals surface area contributed by atoms with E-state index in [0.29, 0.717) is 5.56 Å². The van der Waals surface area contributed by atoms with E-state index in [4.69, 9.17) is 27.4 Å². The number of rotatable bonds is 25. The van der Waals surface area contributed by atoms with Gasteiger partial charge in [0.1, 0.15) is 30.7 Å². The third kappa shape index (κ3) is 19.4. The zero-order valence-corrected chi connectivity index (χ0v) is 29.7. The number of carbonyl (C=O) groups excluding carboxylic acids is 5. The summed E-state index contributed by atoms with van der Waals surface area (Å²) in [5, 5.41) is 39.5. The number of amides is 5. The van der Waals surface area contributed by atoms with Crippen molar-refractivity contribution >= 4 is 53.4 Å². The van der Waals surface area contributed by atoms with Crippen molar-refractivity contribution in [1.29, 1.82) is 0 Å². The van der Waals surface area contributed by atoms with Gasteiger partial charge in [-0.2, -0.15) is 0 Å². The van der Waals surface area contributed by atoms with Gasteiger partial charge in [-0.25, -0.2) is 0 Å². The van der Waals surface area contributed by atoms with Gasteiger partial charge in [-0.15, -0.1) is 0 Å². The van der Waals surface area contributed by atoms with Crippen LogP contribution in [0.2, 0.25) is 0 Å². The van der Waals surface area contributed by atoms with Crippen molar-refractivity contribution in [1.82, 2.24) is 26.6 Å². The Bertz CT molecular complexity index is 1450. The molecule has 5 amide bonds. The molecule has 0 heterocycles. The van der Waals surface area contributed by atoms with Crippen LogP contribution in [0.3, 0.4) is 0 Å². The molecule has 0 saturated heterocycles. The molecular formula is C33H51N9O11. The second kappa shape index (κ2) is 23.6. The van der Waals surface area contributed by atoms with Crippen molar-refractivity contribution < 1.29 is 53.7 Å². The number of benzene rings is 1. The van der Waals surface area contributed by atoms with Crippen molar-refractivity contribution in [3.8, 4) is 0 Å². The van der Waals surface area contributed by atoms with Crippen molar-refractivity contribution in [3.63, 3.8) is 0 Å². The lowest BCUT2D eigenvalue weighted by atomic mass is 10.0. The highest BCUT2D eigenvalue weighted by Gasteiger charge is 2.32. The molecule has 1 aromatic carbocycles. The molecule has 1 aromatic rings. The van der Waals surface area contributed by atoms with Crippen LogP contribution in [0.5, 0.6) is 0 Å². The van der Waals surface area contributed by atoms with Crippen LogP contribution in [0.15, 0.2) is 35.3 Å².